The van der Waals surface area contributed by atoms with Crippen molar-refractivity contribution in [3.63, 3.8) is 0 Å². The maximum absolute atomic E-state index is 10.6. The first-order chi connectivity index (χ1) is 10.5. The number of para-hydroxylation sites is 1. The van der Waals surface area contributed by atoms with Gasteiger partial charge in [0.25, 0.3) is 5.69 Å². The maximum atomic E-state index is 10.6. The molecule has 4 N–H and O–H groups in total. The number of nitro groups is 1. The number of benzene rings is 1. The van der Waals surface area contributed by atoms with E-state index < -0.39 is 11.0 Å². The number of carboxylic acid groups (broad SMARTS) is 1. The van der Waals surface area contributed by atoms with Gasteiger partial charge < -0.3 is 16.2 Å². The van der Waals surface area contributed by atoms with Gasteiger partial charge in [-0.3, -0.25) is 10.1 Å². The van der Waals surface area contributed by atoms with E-state index in [0.717, 1.165) is 5.56 Å². The highest BCUT2D eigenvalue weighted by Gasteiger charge is 2.11. The molecule has 1 aromatic heterocycles. The van der Waals surface area contributed by atoms with E-state index >= 15 is 0 Å². The van der Waals surface area contributed by atoms with Crippen molar-refractivity contribution in [2.45, 2.75) is 6.42 Å². The summed E-state index contributed by atoms with van der Waals surface area (Å²) in [5.74, 6) is 0. The highest BCUT2D eigenvalue weighted by molar-refractivity contribution is 5.76. The summed E-state index contributed by atoms with van der Waals surface area (Å²) >= 11 is 0. The second kappa shape index (κ2) is 6.53. The van der Waals surface area contributed by atoms with Crippen LogP contribution in [0.15, 0.2) is 36.5 Å². The predicted molar refractivity (Wildman–Crippen MR) is 80.5 cm³/mol. The fraction of sp³-hybridized carbons (Fsp3) is 0.143. The molecule has 8 heteroatoms. The van der Waals surface area contributed by atoms with Gasteiger partial charge in [0.15, 0.2) is 0 Å². The number of amides is 1. The Morgan fingerprint density at radius 2 is 2.14 bits per heavy atom. The van der Waals surface area contributed by atoms with Crippen molar-refractivity contribution in [1.29, 1.82) is 0 Å². The molecular weight excluding hydrogens is 288 g/mol. The third-order valence-corrected chi connectivity index (χ3v) is 3.10. The van der Waals surface area contributed by atoms with E-state index in [1.165, 1.54) is 18.3 Å². The summed E-state index contributed by atoms with van der Waals surface area (Å²) in [6, 6.07) is 8.24. The Morgan fingerprint density at radius 1 is 1.36 bits per heavy atom. The summed E-state index contributed by atoms with van der Waals surface area (Å²) in [4.78, 5) is 24.6. The summed E-state index contributed by atoms with van der Waals surface area (Å²) < 4.78 is 0. The lowest BCUT2D eigenvalue weighted by Gasteiger charge is -2.10. The normalized spacial score (nSPS) is 10.2. The number of nitrogens with one attached hydrogen (secondary N) is 1. The number of nitrogens with two attached hydrogens (primary N) is 1. The van der Waals surface area contributed by atoms with Crippen LogP contribution >= 0.6 is 0 Å². The SMILES string of the molecule is Nc1c(CCNC(=O)O)cccc1-c1ccc([N+](=O)[O-])cn1. The minimum Gasteiger partial charge on any atom is -0.465 e. The molecule has 0 bridgehead atoms. The Labute approximate surface area is 125 Å². The monoisotopic (exact) mass is 302 g/mol. The van der Waals surface area contributed by atoms with Gasteiger partial charge in [-0.1, -0.05) is 18.2 Å². The second-order valence-corrected chi connectivity index (χ2v) is 4.52. The molecule has 0 aliphatic heterocycles. The van der Waals surface area contributed by atoms with E-state index in [2.05, 4.69) is 10.3 Å². The predicted octanol–water partition coefficient (Wildman–Crippen LogP) is 2.05. The number of aromatic nitrogens is 1. The third-order valence-electron chi connectivity index (χ3n) is 3.10. The topological polar surface area (TPSA) is 131 Å². The molecule has 2 aromatic rings. The molecule has 0 spiro atoms. The van der Waals surface area contributed by atoms with Gasteiger partial charge in [0.1, 0.15) is 6.20 Å². The Hall–Kier alpha value is -3.16. The minimum absolute atomic E-state index is 0.0934. The largest absolute Gasteiger partial charge is 0.465 e. The van der Waals surface area contributed by atoms with Crippen LogP contribution in [-0.2, 0) is 6.42 Å². The van der Waals surface area contributed by atoms with E-state index in [4.69, 9.17) is 10.8 Å². The summed E-state index contributed by atoms with van der Waals surface area (Å²) in [5, 5.41) is 21.5. The van der Waals surface area contributed by atoms with Gasteiger partial charge in [0.05, 0.1) is 10.6 Å². The van der Waals surface area contributed by atoms with Gasteiger partial charge in [-0.2, -0.15) is 0 Å². The molecule has 114 valence electrons. The van der Waals surface area contributed by atoms with E-state index in [0.29, 0.717) is 23.4 Å². The number of nitrogen functional groups attached to an aromatic ring is 1. The number of carbonyl (C=O) groups is 1. The molecule has 0 aliphatic rings. The molecule has 0 fully saturated rings. The molecule has 2 rings (SSSR count). The number of pyridine rings is 1. The lowest BCUT2D eigenvalue weighted by molar-refractivity contribution is -0.385. The van der Waals surface area contributed by atoms with Gasteiger partial charge in [-0.05, 0) is 18.1 Å². The van der Waals surface area contributed by atoms with E-state index in [-0.39, 0.29) is 12.2 Å². The van der Waals surface area contributed by atoms with Gasteiger partial charge in [-0.15, -0.1) is 0 Å². The fourth-order valence-corrected chi connectivity index (χ4v) is 2.01. The molecule has 0 radical (unpaired) electrons. The summed E-state index contributed by atoms with van der Waals surface area (Å²) in [7, 11) is 0. The number of rotatable bonds is 5. The van der Waals surface area contributed by atoms with Crippen LogP contribution in [0.4, 0.5) is 16.2 Å². The van der Waals surface area contributed by atoms with Gasteiger partial charge in [0.2, 0.25) is 0 Å². The van der Waals surface area contributed by atoms with Crippen LogP contribution in [0.5, 0.6) is 0 Å². The van der Waals surface area contributed by atoms with Crippen LogP contribution in [-0.4, -0.2) is 27.7 Å². The standard InChI is InChI=1S/C14H14N4O4/c15-13-9(6-7-16-14(19)20)2-1-3-11(13)12-5-4-10(8-17-12)18(21)22/h1-5,8,16H,6-7,15H2,(H,19,20). The number of nitrogens with zero attached hydrogens (tertiary/aromatic N) is 2. The van der Waals surface area contributed by atoms with Crippen molar-refractivity contribution < 1.29 is 14.8 Å². The van der Waals surface area contributed by atoms with E-state index in [9.17, 15) is 14.9 Å². The van der Waals surface area contributed by atoms with Gasteiger partial charge in [0, 0.05) is 23.9 Å². The molecule has 0 saturated heterocycles. The molecule has 1 amide bonds. The van der Waals surface area contributed by atoms with Crippen LogP contribution in [0.3, 0.4) is 0 Å². The summed E-state index contributed by atoms with van der Waals surface area (Å²) in [6.07, 6.45) is 0.526. The lowest BCUT2D eigenvalue weighted by atomic mass is 10.0. The highest BCUT2D eigenvalue weighted by atomic mass is 16.6. The number of anilines is 1. The van der Waals surface area contributed by atoms with Crippen LogP contribution < -0.4 is 11.1 Å². The van der Waals surface area contributed by atoms with Crippen molar-refractivity contribution in [3.05, 3.63) is 52.2 Å². The maximum Gasteiger partial charge on any atom is 0.404 e. The van der Waals surface area contributed by atoms with Crippen molar-refractivity contribution in [1.82, 2.24) is 10.3 Å². The molecular formula is C14H14N4O4. The van der Waals surface area contributed by atoms with Gasteiger partial charge >= 0.3 is 6.09 Å². The average molecular weight is 302 g/mol. The number of hydrogen-bond acceptors (Lipinski definition) is 5. The first-order valence-corrected chi connectivity index (χ1v) is 6.44. The van der Waals surface area contributed by atoms with Gasteiger partial charge in [-0.25, -0.2) is 9.78 Å². The quantitative estimate of drug-likeness (QED) is 0.440. The molecule has 8 nitrogen and oxygen atoms in total. The smallest absolute Gasteiger partial charge is 0.404 e. The molecule has 0 unspecified atom stereocenters. The highest BCUT2D eigenvalue weighted by Crippen LogP contribution is 2.28. The van der Waals surface area contributed by atoms with Crippen molar-refractivity contribution in [2.75, 3.05) is 12.3 Å². The number of hydrogen-bond donors (Lipinski definition) is 3. The molecule has 0 aliphatic carbocycles. The van der Waals surface area contributed by atoms with Crippen molar-refractivity contribution in [2.24, 2.45) is 0 Å². The molecule has 1 heterocycles. The zero-order chi connectivity index (χ0) is 16.1. The molecule has 1 aromatic carbocycles. The average Bonchev–Trinajstić information content (AvgIpc) is 2.49. The van der Waals surface area contributed by atoms with Crippen LogP contribution in [0.25, 0.3) is 11.3 Å². The molecule has 0 atom stereocenters. The minimum atomic E-state index is -1.09. The van der Waals surface area contributed by atoms with Crippen LogP contribution in [0.1, 0.15) is 5.56 Å². The second-order valence-electron chi connectivity index (χ2n) is 4.52. The zero-order valence-corrected chi connectivity index (χ0v) is 11.5. The van der Waals surface area contributed by atoms with Crippen molar-refractivity contribution in [3.8, 4) is 11.3 Å². The van der Waals surface area contributed by atoms with Crippen LogP contribution in [0.2, 0.25) is 0 Å². The Kier molecular flexibility index (Phi) is 4.52. The summed E-state index contributed by atoms with van der Waals surface area (Å²) in [6.45, 7) is 0.247. The fourth-order valence-electron chi connectivity index (χ4n) is 2.01. The Morgan fingerprint density at radius 3 is 2.73 bits per heavy atom. The molecule has 22 heavy (non-hydrogen) atoms. The van der Waals surface area contributed by atoms with Crippen molar-refractivity contribution >= 4 is 17.5 Å². The third kappa shape index (κ3) is 3.48. The zero-order valence-electron chi connectivity index (χ0n) is 11.5. The van der Waals surface area contributed by atoms with E-state index in [1.54, 1.807) is 18.2 Å². The Balaban J connectivity index is 2.24. The molecule has 0 saturated carbocycles. The Bertz CT molecular complexity index is 700. The first-order valence-electron chi connectivity index (χ1n) is 6.44. The first kappa shape index (κ1) is 15.2. The van der Waals surface area contributed by atoms with Crippen LogP contribution in [0, 0.1) is 10.1 Å². The van der Waals surface area contributed by atoms with E-state index in [1.807, 2.05) is 0 Å². The summed E-state index contributed by atoms with van der Waals surface area (Å²) in [5.41, 5.74) is 8.43. The lowest BCUT2D eigenvalue weighted by Crippen LogP contribution is -2.23.